The van der Waals surface area contributed by atoms with E-state index in [-0.39, 0.29) is 41.0 Å². The fourth-order valence-electron chi connectivity index (χ4n) is 5.11. The minimum absolute atomic E-state index is 0. The lowest BCUT2D eigenvalue weighted by Crippen LogP contribution is -2.31. The van der Waals surface area contributed by atoms with Crippen LogP contribution < -0.4 is 48.7 Å². The van der Waals surface area contributed by atoms with Gasteiger partial charge in [0.2, 0.25) is 0 Å². The summed E-state index contributed by atoms with van der Waals surface area (Å²) in [7, 11) is 1.46. The van der Waals surface area contributed by atoms with Crippen LogP contribution in [0.4, 0.5) is 11.4 Å². The monoisotopic (exact) mass is 887 g/mol. The highest BCUT2D eigenvalue weighted by Crippen LogP contribution is 2.40. The van der Waals surface area contributed by atoms with Crippen LogP contribution in [0.3, 0.4) is 0 Å². The number of nitrogens with zero attached hydrogens (tertiary/aromatic N) is 1. The second kappa shape index (κ2) is 21.4. The third-order valence-electron chi connectivity index (χ3n) is 7.34. The van der Waals surface area contributed by atoms with Crippen LogP contribution in [0.5, 0.6) is 46.0 Å². The van der Waals surface area contributed by atoms with Crippen LogP contribution in [0, 0.1) is 0 Å². The van der Waals surface area contributed by atoms with Crippen LogP contribution in [0.15, 0.2) is 82.7 Å². The second-order valence-corrected chi connectivity index (χ2v) is 15.2. The van der Waals surface area contributed by atoms with Crippen molar-refractivity contribution in [3.63, 3.8) is 0 Å². The Hall–Kier alpha value is -5.36. The molecule has 0 aliphatic carbocycles. The number of carboxylic acids is 1. The Morgan fingerprint density at radius 3 is 1.60 bits per heavy atom. The standard InChI is InChI=1S/C13H17NO4.C9H8O4.C8H7ClO4S.C8H9NO2.2ClH/c1-13(2,3)18-12(15)14-9-5-4-6-10-11(9)17-8-7-16-10;10-9(11)6-2-1-3-7-8(6)13-5-4-12-7;9-14(10,11)7-3-1-2-6-8(7)13-5-4-12-6;9-6-2-1-3-7-8(6)11-5-4-10-7;;/h4-6H,7-8H2,1-3H3,(H,14,15);1-3H,4-5H2,(H,10,11);1-3H,4-5H2;1-3H,4-5,9H2;2*1H/p-1. The number of ether oxygens (including phenoxy) is 9. The Bertz CT molecular complexity index is 2150. The molecule has 0 aromatic heterocycles. The lowest BCUT2D eigenvalue weighted by molar-refractivity contribution is -0.259. The van der Waals surface area contributed by atoms with Crippen LogP contribution in [0.25, 0.3) is 0 Å². The van der Waals surface area contributed by atoms with E-state index in [4.69, 9.17) is 64.2 Å². The van der Waals surface area contributed by atoms with Crippen molar-refractivity contribution in [1.29, 1.82) is 0 Å². The molecule has 316 valence electrons. The Kier molecular flexibility index (Phi) is 17.4. The van der Waals surface area contributed by atoms with Gasteiger partial charge in [0, 0.05) is 16.3 Å². The predicted molar refractivity (Wildman–Crippen MR) is 217 cm³/mol. The van der Waals surface area contributed by atoms with E-state index in [9.17, 15) is 18.3 Å². The maximum atomic E-state index is 11.6. The second-order valence-electron chi connectivity index (χ2n) is 12.6. The molecule has 8 rings (SSSR count). The number of nitrogen functional groups attached to an aromatic ring is 1. The lowest BCUT2D eigenvalue weighted by Gasteiger charge is -2.29. The first-order valence-electron chi connectivity index (χ1n) is 17.1. The Morgan fingerprint density at radius 2 is 1.09 bits per heavy atom. The van der Waals surface area contributed by atoms with Gasteiger partial charge in [0.05, 0.1) is 5.69 Å². The van der Waals surface area contributed by atoms with Crippen molar-refractivity contribution in [2.24, 2.45) is 4.99 Å². The zero-order valence-corrected chi connectivity index (χ0v) is 34.7. The zero-order valence-electron chi connectivity index (χ0n) is 31.5. The van der Waals surface area contributed by atoms with E-state index < -0.39 is 26.7 Å². The lowest BCUT2D eigenvalue weighted by atomic mass is 10.2. The number of aliphatic imine (C=N–C) groups is 1. The van der Waals surface area contributed by atoms with Gasteiger partial charge in [0.1, 0.15) is 69.0 Å². The summed E-state index contributed by atoms with van der Waals surface area (Å²) in [5, 5.41) is 20.4. The number of halogens is 3. The molecule has 4 heterocycles. The molecule has 16 nitrogen and oxygen atoms in total. The summed E-state index contributed by atoms with van der Waals surface area (Å²) < 4.78 is 69.7. The SMILES string of the molecule is CC(C)(C)OC([O-])=Nc1cccc2c1OCCO2.Cl.Cl.Nc1cccc2c1OCCO2.O=C(O)c1cccc2c1OCCO2.O=S(=O)(Cl)c1cccc2c1OCCO2. The number of benzene rings is 4. The predicted octanol–water partition coefficient (Wildman–Crippen LogP) is 6.05. The minimum atomic E-state index is -3.78. The number of hydrogen-bond acceptors (Lipinski definition) is 15. The molecule has 4 aliphatic heterocycles. The van der Waals surface area contributed by atoms with E-state index in [2.05, 4.69) is 4.99 Å². The maximum Gasteiger partial charge on any atom is 0.339 e. The number of nitrogens with two attached hydrogens (primary N) is 1. The average molecular weight is 889 g/mol. The van der Waals surface area contributed by atoms with E-state index in [1.165, 1.54) is 12.1 Å². The zero-order chi connectivity index (χ0) is 40.3. The molecule has 4 aliphatic rings. The summed E-state index contributed by atoms with van der Waals surface area (Å²) in [6, 6.07) is 20.1. The summed E-state index contributed by atoms with van der Waals surface area (Å²) in [4.78, 5) is 14.6. The molecule has 4 aromatic carbocycles. The number of carboxylic acid groups (broad SMARTS) is 1. The molecule has 0 spiro atoms. The number of hydrogen-bond donors (Lipinski definition) is 2. The van der Waals surface area contributed by atoms with Crippen molar-refractivity contribution in [2.75, 3.05) is 58.6 Å². The number of fused-ring (bicyclic) bond motifs is 4. The average Bonchev–Trinajstić information content (AvgIpc) is 3.17. The van der Waals surface area contributed by atoms with Crippen molar-refractivity contribution in [3.8, 4) is 46.0 Å². The molecule has 0 saturated heterocycles. The highest BCUT2D eigenvalue weighted by molar-refractivity contribution is 8.13. The van der Waals surface area contributed by atoms with Gasteiger partial charge in [-0.25, -0.2) is 18.2 Å². The summed E-state index contributed by atoms with van der Waals surface area (Å²) in [6.45, 7) is 9.14. The fraction of sp³-hybridized carbons (Fsp3) is 0.316. The Balaban J connectivity index is 0.000000207. The third kappa shape index (κ3) is 13.1. The summed E-state index contributed by atoms with van der Waals surface area (Å²) in [6.07, 6.45) is -0.634. The normalized spacial score (nSPS) is 14.3. The molecule has 0 atom stereocenters. The first kappa shape index (κ1) is 47.0. The van der Waals surface area contributed by atoms with Crippen LogP contribution in [-0.4, -0.2) is 84.0 Å². The molecule has 0 unspecified atom stereocenters. The molecule has 4 aromatic rings. The molecule has 0 radical (unpaired) electrons. The van der Waals surface area contributed by atoms with Crippen LogP contribution in [0.2, 0.25) is 0 Å². The topological polar surface area (TPSA) is 216 Å². The molecular weight excluding hydrogens is 847 g/mol. The van der Waals surface area contributed by atoms with Crippen molar-refractivity contribution in [1.82, 2.24) is 0 Å². The van der Waals surface area contributed by atoms with E-state index in [0.717, 1.165) is 5.75 Å². The van der Waals surface area contributed by atoms with E-state index in [1.54, 1.807) is 69.3 Å². The fourth-order valence-corrected chi connectivity index (χ4v) is 6.09. The third-order valence-corrected chi connectivity index (χ3v) is 8.68. The van der Waals surface area contributed by atoms with Crippen molar-refractivity contribution in [2.45, 2.75) is 31.3 Å². The molecular formula is C38H42Cl3N2O14S-. The van der Waals surface area contributed by atoms with Crippen LogP contribution >= 0.6 is 35.5 Å². The highest BCUT2D eigenvalue weighted by atomic mass is 35.7. The van der Waals surface area contributed by atoms with Gasteiger partial charge in [-0.2, -0.15) is 0 Å². The first-order valence-corrected chi connectivity index (χ1v) is 19.4. The number of anilines is 1. The highest BCUT2D eigenvalue weighted by Gasteiger charge is 2.23. The molecule has 58 heavy (non-hydrogen) atoms. The Morgan fingerprint density at radius 1 is 0.672 bits per heavy atom. The quantitative estimate of drug-likeness (QED) is 0.104. The number of rotatable bonds is 3. The molecule has 0 fully saturated rings. The van der Waals surface area contributed by atoms with Gasteiger partial charge in [-0.3, -0.25) is 0 Å². The van der Waals surface area contributed by atoms with Crippen LogP contribution in [-0.2, 0) is 13.8 Å². The van der Waals surface area contributed by atoms with Crippen molar-refractivity contribution in [3.05, 3.63) is 78.4 Å². The summed E-state index contributed by atoms with van der Waals surface area (Å²) in [5.41, 5.74) is 6.30. The van der Waals surface area contributed by atoms with Gasteiger partial charge in [-0.15, -0.1) is 24.8 Å². The smallest absolute Gasteiger partial charge is 0.339 e. The maximum absolute atomic E-state index is 11.6. The minimum Gasteiger partial charge on any atom is -0.594 e. The van der Waals surface area contributed by atoms with Gasteiger partial charge in [-0.1, -0.05) is 45.0 Å². The molecule has 3 N–H and O–H groups in total. The Labute approximate surface area is 351 Å². The molecule has 0 saturated carbocycles. The number of carbonyl (C=O) groups is 1. The van der Waals surface area contributed by atoms with Gasteiger partial charge >= 0.3 is 5.97 Å². The number of aromatic carboxylic acids is 1. The van der Waals surface area contributed by atoms with E-state index in [0.29, 0.717) is 98.7 Å². The van der Waals surface area contributed by atoms with Gasteiger partial charge in [0.25, 0.3) is 9.05 Å². The number of para-hydroxylation sites is 4. The van der Waals surface area contributed by atoms with Gasteiger partial charge < -0.3 is 58.6 Å². The van der Waals surface area contributed by atoms with Crippen LogP contribution in [0.1, 0.15) is 31.1 Å². The van der Waals surface area contributed by atoms with Gasteiger partial charge in [-0.05, 0) is 48.5 Å². The van der Waals surface area contributed by atoms with Crippen molar-refractivity contribution >= 4 is 68.0 Å². The summed E-state index contributed by atoms with van der Waals surface area (Å²) >= 11 is 0. The van der Waals surface area contributed by atoms with Gasteiger partial charge in [0.15, 0.2) is 52.1 Å². The molecule has 0 bridgehead atoms. The summed E-state index contributed by atoms with van der Waals surface area (Å²) in [5.74, 6) is 2.98. The van der Waals surface area contributed by atoms with E-state index >= 15 is 0 Å². The first-order chi connectivity index (χ1) is 26.7. The molecule has 0 amide bonds. The largest absolute Gasteiger partial charge is 0.594 e. The van der Waals surface area contributed by atoms with E-state index in [1.807, 2.05) is 12.1 Å². The molecule has 20 heteroatoms. The van der Waals surface area contributed by atoms with Crippen molar-refractivity contribution < 1.29 is 66.1 Å².